The lowest BCUT2D eigenvalue weighted by molar-refractivity contribution is -0.120. The van der Waals surface area contributed by atoms with Crippen molar-refractivity contribution in [2.45, 2.75) is 50.6 Å². The van der Waals surface area contributed by atoms with E-state index in [0.29, 0.717) is 6.42 Å². The average Bonchev–Trinajstić information content (AvgIpc) is 3.22. The number of pyridine rings is 1. The van der Waals surface area contributed by atoms with E-state index in [2.05, 4.69) is 40.3 Å². The van der Waals surface area contributed by atoms with Crippen molar-refractivity contribution >= 4 is 5.91 Å². The number of carbonyl (C=O) groups is 1. The van der Waals surface area contributed by atoms with E-state index in [4.69, 9.17) is 4.42 Å². The van der Waals surface area contributed by atoms with E-state index in [0.717, 1.165) is 50.4 Å². The van der Waals surface area contributed by atoms with Crippen LogP contribution < -0.4 is 5.32 Å². The number of amides is 1. The SMILES string of the molecule is CCc1ccc(CN2CCC3(CC2)NC(=O)C[C@H]3c2cccnc2)o1. The van der Waals surface area contributed by atoms with E-state index < -0.39 is 0 Å². The summed E-state index contributed by atoms with van der Waals surface area (Å²) in [5.41, 5.74) is 1.06. The normalized spacial score (nSPS) is 23.1. The quantitative estimate of drug-likeness (QED) is 0.930. The van der Waals surface area contributed by atoms with Crippen LogP contribution in [0.25, 0.3) is 0 Å². The smallest absolute Gasteiger partial charge is 0.221 e. The zero-order valence-electron chi connectivity index (χ0n) is 14.7. The molecule has 4 rings (SSSR count). The van der Waals surface area contributed by atoms with E-state index in [1.54, 1.807) is 6.20 Å². The molecule has 0 aliphatic carbocycles. The van der Waals surface area contributed by atoms with Gasteiger partial charge in [0.25, 0.3) is 0 Å². The lowest BCUT2D eigenvalue weighted by Crippen LogP contribution is -2.53. The Hall–Kier alpha value is -2.14. The predicted octanol–water partition coefficient (Wildman–Crippen LogP) is 2.88. The first-order valence-corrected chi connectivity index (χ1v) is 9.19. The van der Waals surface area contributed by atoms with Crippen molar-refractivity contribution in [3.8, 4) is 0 Å². The second-order valence-corrected chi connectivity index (χ2v) is 7.25. The highest BCUT2D eigenvalue weighted by Gasteiger charge is 2.48. The molecule has 2 fully saturated rings. The third-order valence-electron chi connectivity index (χ3n) is 5.73. The summed E-state index contributed by atoms with van der Waals surface area (Å²) in [6, 6.07) is 8.21. The van der Waals surface area contributed by atoms with E-state index in [9.17, 15) is 4.79 Å². The van der Waals surface area contributed by atoms with Crippen molar-refractivity contribution in [3.05, 3.63) is 53.7 Å². The summed E-state index contributed by atoms with van der Waals surface area (Å²) < 4.78 is 5.84. The number of carbonyl (C=O) groups excluding carboxylic acids is 1. The average molecular weight is 339 g/mol. The number of rotatable bonds is 4. The summed E-state index contributed by atoms with van der Waals surface area (Å²) >= 11 is 0. The predicted molar refractivity (Wildman–Crippen MR) is 95.1 cm³/mol. The molecule has 0 aromatic carbocycles. The van der Waals surface area contributed by atoms with Gasteiger partial charge in [-0.1, -0.05) is 13.0 Å². The number of hydrogen-bond donors (Lipinski definition) is 1. The molecule has 1 spiro atoms. The first kappa shape index (κ1) is 16.3. The topological polar surface area (TPSA) is 58.4 Å². The molecule has 2 aliphatic heterocycles. The first-order valence-electron chi connectivity index (χ1n) is 9.19. The molecule has 2 aromatic heterocycles. The third-order valence-corrected chi connectivity index (χ3v) is 5.73. The Morgan fingerprint density at radius 3 is 2.76 bits per heavy atom. The number of hydrogen-bond acceptors (Lipinski definition) is 4. The van der Waals surface area contributed by atoms with Crippen LogP contribution in [0.2, 0.25) is 0 Å². The number of nitrogens with zero attached hydrogens (tertiary/aromatic N) is 2. The number of furan rings is 1. The van der Waals surface area contributed by atoms with Crippen molar-refractivity contribution in [1.82, 2.24) is 15.2 Å². The fourth-order valence-electron chi connectivity index (χ4n) is 4.32. The van der Waals surface area contributed by atoms with Crippen LogP contribution in [-0.4, -0.2) is 34.4 Å². The highest BCUT2D eigenvalue weighted by Crippen LogP contribution is 2.43. The molecule has 0 radical (unpaired) electrons. The van der Waals surface area contributed by atoms with Gasteiger partial charge in [0.15, 0.2) is 0 Å². The third kappa shape index (κ3) is 3.21. The van der Waals surface area contributed by atoms with Crippen LogP contribution in [0.1, 0.15) is 49.2 Å². The monoisotopic (exact) mass is 339 g/mol. The molecule has 0 unspecified atom stereocenters. The van der Waals surface area contributed by atoms with Gasteiger partial charge in [0.2, 0.25) is 5.91 Å². The Balaban J connectivity index is 1.45. The molecule has 2 saturated heterocycles. The molecule has 5 heteroatoms. The maximum Gasteiger partial charge on any atom is 0.221 e. The van der Waals surface area contributed by atoms with Crippen molar-refractivity contribution in [2.75, 3.05) is 13.1 Å². The molecule has 1 N–H and O–H groups in total. The van der Waals surface area contributed by atoms with Gasteiger partial charge in [0, 0.05) is 49.8 Å². The zero-order chi connectivity index (χ0) is 17.3. The van der Waals surface area contributed by atoms with Gasteiger partial charge >= 0.3 is 0 Å². The van der Waals surface area contributed by atoms with Crippen LogP contribution in [0.4, 0.5) is 0 Å². The Kier molecular flexibility index (Phi) is 4.34. The van der Waals surface area contributed by atoms with E-state index in [1.807, 2.05) is 12.3 Å². The molecule has 4 heterocycles. The number of likely N-dealkylation sites (tertiary alicyclic amines) is 1. The molecule has 0 bridgehead atoms. The largest absolute Gasteiger partial charge is 0.465 e. The summed E-state index contributed by atoms with van der Waals surface area (Å²) in [6.45, 7) is 4.90. The van der Waals surface area contributed by atoms with Crippen LogP contribution in [-0.2, 0) is 17.8 Å². The molecule has 1 atom stereocenters. The van der Waals surface area contributed by atoms with Crippen LogP contribution in [0.3, 0.4) is 0 Å². The molecule has 25 heavy (non-hydrogen) atoms. The minimum absolute atomic E-state index is 0.117. The summed E-state index contributed by atoms with van der Waals surface area (Å²) in [4.78, 5) is 18.8. The van der Waals surface area contributed by atoms with E-state index >= 15 is 0 Å². The second kappa shape index (κ2) is 6.64. The minimum Gasteiger partial charge on any atom is -0.465 e. The van der Waals surface area contributed by atoms with Gasteiger partial charge in [-0.2, -0.15) is 0 Å². The fraction of sp³-hybridized carbons (Fsp3) is 0.500. The Morgan fingerprint density at radius 2 is 2.08 bits per heavy atom. The van der Waals surface area contributed by atoms with Crippen molar-refractivity contribution < 1.29 is 9.21 Å². The number of piperidine rings is 1. The molecular weight excluding hydrogens is 314 g/mol. The first-order chi connectivity index (χ1) is 12.2. The van der Waals surface area contributed by atoms with Gasteiger partial charge in [-0.05, 0) is 36.6 Å². The highest BCUT2D eigenvalue weighted by atomic mass is 16.3. The summed E-state index contributed by atoms with van der Waals surface area (Å²) in [5, 5.41) is 3.30. The molecule has 132 valence electrons. The standard InChI is InChI=1S/C20H25N3O2/c1-2-16-5-6-17(25-16)14-23-10-7-20(8-11-23)18(12-19(24)22-20)15-4-3-9-21-13-15/h3-6,9,13,18H,2,7-8,10-12,14H2,1H3,(H,22,24)/t18-/m0/s1. The minimum atomic E-state index is -0.117. The summed E-state index contributed by atoms with van der Waals surface area (Å²) in [7, 11) is 0. The van der Waals surface area contributed by atoms with Crippen LogP contribution in [0.5, 0.6) is 0 Å². The van der Waals surface area contributed by atoms with E-state index in [-0.39, 0.29) is 17.4 Å². The van der Waals surface area contributed by atoms with E-state index in [1.165, 1.54) is 5.56 Å². The summed E-state index contributed by atoms with van der Waals surface area (Å²) in [6.07, 6.45) is 7.15. The van der Waals surface area contributed by atoms with Crippen molar-refractivity contribution in [3.63, 3.8) is 0 Å². The van der Waals surface area contributed by atoms with Crippen LogP contribution in [0, 0.1) is 0 Å². The number of aryl methyl sites for hydroxylation is 1. The Labute approximate surface area is 148 Å². The molecule has 1 amide bonds. The lowest BCUT2D eigenvalue weighted by Gasteiger charge is -2.42. The van der Waals surface area contributed by atoms with Crippen LogP contribution in [0.15, 0.2) is 41.1 Å². The molecule has 2 aromatic rings. The van der Waals surface area contributed by atoms with Crippen molar-refractivity contribution in [2.24, 2.45) is 0 Å². The maximum atomic E-state index is 12.1. The Morgan fingerprint density at radius 1 is 1.28 bits per heavy atom. The number of aromatic nitrogens is 1. The Bertz CT molecular complexity index is 732. The van der Waals surface area contributed by atoms with Gasteiger partial charge in [0.05, 0.1) is 6.54 Å². The molecule has 2 aliphatic rings. The maximum absolute atomic E-state index is 12.1. The van der Waals surface area contributed by atoms with Gasteiger partial charge in [0.1, 0.15) is 11.5 Å². The van der Waals surface area contributed by atoms with Gasteiger partial charge in [-0.15, -0.1) is 0 Å². The fourth-order valence-corrected chi connectivity index (χ4v) is 4.32. The second-order valence-electron chi connectivity index (χ2n) is 7.25. The van der Waals surface area contributed by atoms with Gasteiger partial charge in [-0.3, -0.25) is 14.7 Å². The summed E-state index contributed by atoms with van der Waals surface area (Å²) in [5.74, 6) is 2.47. The number of nitrogens with one attached hydrogen (secondary N) is 1. The van der Waals surface area contributed by atoms with Crippen LogP contribution >= 0.6 is 0 Å². The zero-order valence-corrected chi connectivity index (χ0v) is 14.7. The van der Waals surface area contributed by atoms with Gasteiger partial charge < -0.3 is 9.73 Å². The van der Waals surface area contributed by atoms with Crippen molar-refractivity contribution in [1.29, 1.82) is 0 Å². The molecule has 0 saturated carbocycles. The van der Waals surface area contributed by atoms with Gasteiger partial charge in [-0.25, -0.2) is 0 Å². The molecular formula is C20H25N3O2. The molecule has 5 nitrogen and oxygen atoms in total. The lowest BCUT2D eigenvalue weighted by atomic mass is 9.75. The highest BCUT2D eigenvalue weighted by molar-refractivity contribution is 5.81.